The molecule has 1 N–H and O–H groups in total. The van der Waals surface area contributed by atoms with Crippen molar-refractivity contribution in [3.8, 4) is 0 Å². The Kier molecular flexibility index (Phi) is 7.51. The van der Waals surface area contributed by atoms with Crippen LogP contribution in [0.1, 0.15) is 66.3 Å². The number of aromatic nitrogens is 3. The van der Waals surface area contributed by atoms with E-state index < -0.39 is 0 Å². The van der Waals surface area contributed by atoms with Crippen LogP contribution in [0, 0.1) is 0 Å². The SMILES string of the molecule is O=C(Nc1nc([C@H]2C[C@@H](OC3CCCCC3)CN2c2ccccc2)cs1)c1cccn1Cc1ccncc1. The number of carbonyl (C=O) groups is 1. The predicted octanol–water partition coefficient (Wildman–Crippen LogP) is 6.31. The number of anilines is 2. The molecule has 0 bridgehead atoms. The Morgan fingerprint density at radius 2 is 1.82 bits per heavy atom. The zero-order valence-electron chi connectivity index (χ0n) is 21.4. The van der Waals surface area contributed by atoms with E-state index in [-0.39, 0.29) is 18.1 Å². The van der Waals surface area contributed by atoms with E-state index in [4.69, 9.17) is 9.72 Å². The molecule has 38 heavy (non-hydrogen) atoms. The van der Waals surface area contributed by atoms with Gasteiger partial charge in [0, 0.05) is 49.2 Å². The summed E-state index contributed by atoms with van der Waals surface area (Å²) in [7, 11) is 0. The molecular formula is C30H33N5O2S. The first kappa shape index (κ1) is 24.8. The second-order valence-electron chi connectivity index (χ2n) is 10.2. The summed E-state index contributed by atoms with van der Waals surface area (Å²) in [5.74, 6) is -0.158. The highest BCUT2D eigenvalue weighted by molar-refractivity contribution is 7.14. The second-order valence-corrected chi connectivity index (χ2v) is 11.0. The molecule has 6 rings (SSSR count). The first-order chi connectivity index (χ1) is 18.7. The van der Waals surface area contributed by atoms with Gasteiger partial charge >= 0.3 is 0 Å². The third kappa shape index (κ3) is 5.66. The van der Waals surface area contributed by atoms with Gasteiger partial charge in [0.25, 0.3) is 5.91 Å². The van der Waals surface area contributed by atoms with Crippen molar-refractivity contribution in [2.45, 2.75) is 63.3 Å². The van der Waals surface area contributed by atoms with Crippen molar-refractivity contribution >= 4 is 28.1 Å². The lowest BCUT2D eigenvalue weighted by Gasteiger charge is -2.26. The number of nitrogens with zero attached hydrogens (tertiary/aromatic N) is 4. The summed E-state index contributed by atoms with van der Waals surface area (Å²) in [6.45, 7) is 1.46. The Morgan fingerprint density at radius 1 is 1.00 bits per heavy atom. The smallest absolute Gasteiger partial charge is 0.274 e. The molecule has 0 unspecified atom stereocenters. The van der Waals surface area contributed by atoms with Crippen LogP contribution >= 0.6 is 11.3 Å². The monoisotopic (exact) mass is 527 g/mol. The summed E-state index contributed by atoms with van der Waals surface area (Å²) in [6.07, 6.45) is 13.1. The molecule has 2 fully saturated rings. The van der Waals surface area contributed by atoms with Gasteiger partial charge in [-0.3, -0.25) is 15.1 Å². The van der Waals surface area contributed by atoms with Gasteiger partial charge in [0.05, 0.1) is 23.9 Å². The van der Waals surface area contributed by atoms with E-state index in [1.54, 1.807) is 12.4 Å². The van der Waals surface area contributed by atoms with Gasteiger partial charge in [0.15, 0.2) is 5.13 Å². The lowest BCUT2D eigenvalue weighted by molar-refractivity contribution is -0.0203. The summed E-state index contributed by atoms with van der Waals surface area (Å²) in [5, 5.41) is 5.73. The minimum Gasteiger partial charge on any atom is -0.373 e. The number of hydrogen-bond donors (Lipinski definition) is 1. The highest BCUT2D eigenvalue weighted by Crippen LogP contribution is 2.39. The van der Waals surface area contributed by atoms with E-state index in [0.29, 0.717) is 23.5 Å². The number of ether oxygens (including phenoxy) is 1. The largest absolute Gasteiger partial charge is 0.373 e. The summed E-state index contributed by atoms with van der Waals surface area (Å²) >= 11 is 1.48. The molecule has 1 aliphatic carbocycles. The Labute approximate surface area is 227 Å². The third-order valence-electron chi connectivity index (χ3n) is 7.54. The van der Waals surface area contributed by atoms with Crippen molar-refractivity contribution in [3.05, 3.63) is 95.5 Å². The van der Waals surface area contributed by atoms with E-state index in [1.807, 2.05) is 41.1 Å². The number of benzene rings is 1. The van der Waals surface area contributed by atoms with Gasteiger partial charge in [-0.15, -0.1) is 11.3 Å². The van der Waals surface area contributed by atoms with Crippen molar-refractivity contribution < 1.29 is 9.53 Å². The van der Waals surface area contributed by atoms with E-state index in [2.05, 4.69) is 44.8 Å². The van der Waals surface area contributed by atoms with Crippen LogP contribution in [0.3, 0.4) is 0 Å². The molecule has 2 atom stereocenters. The Bertz CT molecular complexity index is 1330. The summed E-state index contributed by atoms with van der Waals surface area (Å²) < 4.78 is 8.54. The van der Waals surface area contributed by atoms with Crippen LogP contribution in [0.25, 0.3) is 0 Å². The highest BCUT2D eigenvalue weighted by Gasteiger charge is 2.37. The van der Waals surface area contributed by atoms with Crippen LogP contribution < -0.4 is 10.2 Å². The zero-order chi connectivity index (χ0) is 25.7. The average Bonchev–Trinajstić information content (AvgIpc) is 3.71. The number of thiazole rings is 1. The molecule has 2 aliphatic rings. The summed E-state index contributed by atoms with van der Waals surface area (Å²) in [6, 6.07) is 18.3. The van der Waals surface area contributed by atoms with Gasteiger partial charge in [-0.2, -0.15) is 0 Å². The fourth-order valence-corrected chi connectivity index (χ4v) is 6.41. The first-order valence-corrected chi connectivity index (χ1v) is 14.4. The van der Waals surface area contributed by atoms with Gasteiger partial charge in [0.2, 0.25) is 0 Å². The molecular weight excluding hydrogens is 494 g/mol. The standard InChI is InChI=1S/C30H33N5O2S/c36-29(27-12-7-17-34(27)19-22-13-15-31-16-14-22)33-30-32-26(21-38-30)28-18-25(37-24-10-5-2-6-11-24)20-35(28)23-8-3-1-4-9-23/h1,3-4,7-9,12-17,21,24-25,28H,2,5-6,10-11,18-20H2,(H,32,33,36)/t25-,28-/m1/s1. The molecule has 1 saturated heterocycles. The van der Waals surface area contributed by atoms with Crippen LogP contribution in [0.4, 0.5) is 10.8 Å². The molecule has 7 nitrogen and oxygen atoms in total. The molecule has 0 spiro atoms. The van der Waals surface area contributed by atoms with E-state index in [1.165, 1.54) is 49.1 Å². The minimum absolute atomic E-state index is 0.114. The van der Waals surface area contributed by atoms with Gasteiger partial charge in [0.1, 0.15) is 5.69 Å². The van der Waals surface area contributed by atoms with Crippen LogP contribution in [-0.2, 0) is 11.3 Å². The Balaban J connectivity index is 1.16. The van der Waals surface area contributed by atoms with Gasteiger partial charge in [-0.1, -0.05) is 37.5 Å². The van der Waals surface area contributed by atoms with Crippen molar-refractivity contribution in [2.24, 2.45) is 0 Å². The fourth-order valence-electron chi connectivity index (χ4n) is 5.66. The zero-order valence-corrected chi connectivity index (χ0v) is 22.2. The van der Waals surface area contributed by atoms with E-state index in [0.717, 1.165) is 24.2 Å². The lowest BCUT2D eigenvalue weighted by atomic mass is 9.97. The molecule has 4 heterocycles. The van der Waals surface area contributed by atoms with Crippen LogP contribution in [0.5, 0.6) is 0 Å². The molecule has 3 aromatic heterocycles. The number of pyridine rings is 1. The fraction of sp³-hybridized carbons (Fsp3) is 0.367. The van der Waals surface area contributed by atoms with Gasteiger partial charge < -0.3 is 14.2 Å². The highest BCUT2D eigenvalue weighted by atomic mass is 32.1. The van der Waals surface area contributed by atoms with Crippen LogP contribution in [-0.4, -0.2) is 39.2 Å². The first-order valence-electron chi connectivity index (χ1n) is 13.5. The Hall–Kier alpha value is -3.49. The van der Waals surface area contributed by atoms with Crippen molar-refractivity contribution in [1.29, 1.82) is 0 Å². The van der Waals surface area contributed by atoms with Crippen molar-refractivity contribution in [1.82, 2.24) is 14.5 Å². The molecule has 4 aromatic rings. The van der Waals surface area contributed by atoms with Gasteiger partial charge in [-0.05, 0) is 54.8 Å². The molecule has 0 radical (unpaired) electrons. The predicted molar refractivity (Wildman–Crippen MR) is 151 cm³/mol. The molecule has 8 heteroatoms. The molecule has 1 saturated carbocycles. The average molecular weight is 528 g/mol. The maximum Gasteiger partial charge on any atom is 0.274 e. The molecule has 1 amide bonds. The number of carbonyl (C=O) groups excluding carboxylic acids is 1. The number of amides is 1. The van der Waals surface area contributed by atoms with Crippen LogP contribution in [0.2, 0.25) is 0 Å². The van der Waals surface area contributed by atoms with Crippen LogP contribution in [0.15, 0.2) is 78.6 Å². The molecule has 1 aliphatic heterocycles. The van der Waals surface area contributed by atoms with Gasteiger partial charge in [-0.25, -0.2) is 4.98 Å². The summed E-state index contributed by atoms with van der Waals surface area (Å²) in [5.41, 5.74) is 3.86. The number of nitrogens with one attached hydrogen (secondary N) is 1. The number of hydrogen-bond acceptors (Lipinski definition) is 6. The maximum atomic E-state index is 13.2. The van der Waals surface area contributed by atoms with Crippen molar-refractivity contribution in [3.63, 3.8) is 0 Å². The normalized spacial score (nSPS) is 20.1. The third-order valence-corrected chi connectivity index (χ3v) is 8.31. The second kappa shape index (κ2) is 11.5. The quantitative estimate of drug-likeness (QED) is 0.291. The summed E-state index contributed by atoms with van der Waals surface area (Å²) in [4.78, 5) is 24.5. The molecule has 196 valence electrons. The maximum absolute atomic E-state index is 13.2. The topological polar surface area (TPSA) is 72.3 Å². The lowest BCUT2D eigenvalue weighted by Crippen LogP contribution is -2.28. The minimum atomic E-state index is -0.158. The van der Waals surface area contributed by atoms with Crippen molar-refractivity contribution in [2.75, 3.05) is 16.8 Å². The Morgan fingerprint density at radius 3 is 2.63 bits per heavy atom. The number of para-hydroxylation sites is 1. The molecule has 1 aromatic carbocycles. The van der Waals surface area contributed by atoms with E-state index >= 15 is 0 Å². The van der Waals surface area contributed by atoms with E-state index in [9.17, 15) is 4.79 Å². The number of rotatable bonds is 8.